The molecule has 10 nitrogen and oxygen atoms in total. The van der Waals surface area contributed by atoms with Crippen LogP contribution in [-0.4, -0.2) is 110 Å². The van der Waals surface area contributed by atoms with Crippen molar-refractivity contribution in [3.05, 3.63) is 47.7 Å². The molecule has 5 fully saturated rings. The van der Waals surface area contributed by atoms with Gasteiger partial charge in [-0.2, -0.15) is 15.1 Å². The number of fused-ring (bicyclic) bond motifs is 7. The fourth-order valence-electron chi connectivity index (χ4n) is 11.0. The number of likely N-dealkylation sites (tertiary alicyclic amines) is 1. The molecule has 10 rings (SSSR count). The van der Waals surface area contributed by atoms with Crippen LogP contribution in [0.25, 0.3) is 43.7 Å². The van der Waals surface area contributed by atoms with Crippen molar-refractivity contribution < 1.29 is 27.8 Å². The van der Waals surface area contributed by atoms with Crippen LogP contribution >= 0.6 is 0 Å². The summed E-state index contributed by atoms with van der Waals surface area (Å²) in [5.74, 6) is 1.58. The Bertz CT molecular complexity index is 2410. The highest BCUT2D eigenvalue weighted by Gasteiger charge is 2.50. The molecule has 56 heavy (non-hydrogen) atoms. The van der Waals surface area contributed by atoms with Crippen molar-refractivity contribution in [2.75, 3.05) is 44.8 Å². The van der Waals surface area contributed by atoms with E-state index in [9.17, 15) is 9.50 Å². The van der Waals surface area contributed by atoms with Crippen LogP contribution in [-0.2, 0) is 11.8 Å². The predicted octanol–water partition coefficient (Wildman–Crippen LogP) is 6.87. The largest absolute Gasteiger partial charge is 0.508 e. The highest BCUT2D eigenvalue weighted by Crippen LogP contribution is 2.48. The quantitative estimate of drug-likeness (QED) is 0.179. The number of alkyl halides is 1. The van der Waals surface area contributed by atoms with E-state index in [-0.39, 0.29) is 58.0 Å². The van der Waals surface area contributed by atoms with Gasteiger partial charge < -0.3 is 19.5 Å². The molecule has 1 N–H and O–H groups in total. The molecular weight excluding hydrogens is 720 g/mol. The number of benzene rings is 3. The van der Waals surface area contributed by atoms with Gasteiger partial charge in [0.1, 0.15) is 41.2 Å². The van der Waals surface area contributed by atoms with Crippen molar-refractivity contribution >= 4 is 38.4 Å². The third kappa shape index (κ3) is 5.62. The van der Waals surface area contributed by atoms with E-state index < -0.39 is 23.3 Å². The summed E-state index contributed by atoms with van der Waals surface area (Å²) in [5.41, 5.74) is 0.0970. The van der Waals surface area contributed by atoms with E-state index >= 15 is 8.78 Å². The first-order chi connectivity index (χ1) is 27.1. The number of methoxy groups -OCH3 is 1. The van der Waals surface area contributed by atoms with E-state index in [1.165, 1.54) is 24.3 Å². The van der Waals surface area contributed by atoms with Gasteiger partial charge in [-0.25, -0.2) is 13.2 Å². The fraction of sp³-hybridized carbons (Fsp3) is 0.512. The van der Waals surface area contributed by atoms with E-state index in [1.54, 1.807) is 18.8 Å². The molecule has 6 heterocycles. The summed E-state index contributed by atoms with van der Waals surface area (Å²) in [6, 6.07) is 6.44. The number of aryl methyl sites for hydroxylation is 1. The first-order valence-electron chi connectivity index (χ1n) is 20.0. The van der Waals surface area contributed by atoms with Crippen LogP contribution in [0.1, 0.15) is 63.4 Å². The Morgan fingerprint density at radius 3 is 2.50 bits per heavy atom. The van der Waals surface area contributed by atoms with Gasteiger partial charge in [-0.1, -0.05) is 12.0 Å². The Hall–Kier alpha value is -4.64. The normalized spacial score (nSPS) is 28.1. The molecular formula is C43H46F3N7O3. The first-order valence-corrected chi connectivity index (χ1v) is 20.0. The minimum atomic E-state index is -0.933. The second-order valence-corrected chi connectivity index (χ2v) is 16.7. The number of halogens is 3. The second-order valence-electron chi connectivity index (χ2n) is 16.7. The molecule has 4 aliphatic heterocycles. The number of ether oxygens (including phenoxy) is 2. The van der Waals surface area contributed by atoms with Crippen molar-refractivity contribution in [1.82, 2.24) is 29.5 Å². The molecule has 1 aliphatic carbocycles. The van der Waals surface area contributed by atoms with Crippen molar-refractivity contribution in [3.63, 3.8) is 0 Å². The molecule has 2 aromatic heterocycles. The Kier molecular flexibility index (Phi) is 8.61. The topological polar surface area (TPSA) is 92.0 Å². The molecule has 0 spiro atoms. The number of hydrogen-bond donors (Lipinski definition) is 1. The summed E-state index contributed by atoms with van der Waals surface area (Å²) in [6.07, 6.45) is 15.5. The maximum Gasteiger partial charge on any atom is 0.319 e. The third-order valence-electron chi connectivity index (χ3n) is 13.6. The number of anilines is 1. The van der Waals surface area contributed by atoms with Gasteiger partial charge in [0.15, 0.2) is 5.82 Å². The SMILES string of the molecule is C#Cc1c(F)ccc2cc(O)cc(-c3c(F)c4nc(OC[C@@]56CCCN5C[C@H](F)C6)nc(N5C6CCC5CN(C5CCC(OC)CC5)C6)c4c4cn(C)nc34)c12. The maximum absolute atomic E-state index is 17.9. The number of rotatable bonds is 7. The van der Waals surface area contributed by atoms with Crippen LogP contribution < -0.4 is 9.64 Å². The monoisotopic (exact) mass is 765 g/mol. The van der Waals surface area contributed by atoms with Gasteiger partial charge in [0.25, 0.3) is 0 Å². The van der Waals surface area contributed by atoms with Crippen LogP contribution in [0, 0.1) is 24.0 Å². The van der Waals surface area contributed by atoms with Crippen molar-refractivity contribution in [3.8, 4) is 35.2 Å². The number of nitrogens with zero attached hydrogens (tertiary/aromatic N) is 7. The lowest BCUT2D eigenvalue weighted by Crippen LogP contribution is -2.57. The number of terminal acetylenes is 1. The number of aromatic nitrogens is 4. The van der Waals surface area contributed by atoms with Crippen LogP contribution in [0.5, 0.6) is 11.8 Å². The van der Waals surface area contributed by atoms with Crippen LogP contribution in [0.15, 0.2) is 30.5 Å². The highest BCUT2D eigenvalue weighted by atomic mass is 19.1. The summed E-state index contributed by atoms with van der Waals surface area (Å²) in [6.45, 7) is 3.10. The zero-order valence-electron chi connectivity index (χ0n) is 31.8. The Morgan fingerprint density at radius 2 is 1.75 bits per heavy atom. The average molecular weight is 766 g/mol. The molecule has 1 saturated carbocycles. The van der Waals surface area contributed by atoms with Crippen LogP contribution in [0.4, 0.5) is 19.0 Å². The number of phenols is 1. The van der Waals surface area contributed by atoms with Gasteiger partial charge in [0, 0.05) is 80.9 Å². The molecule has 0 radical (unpaired) electrons. The molecule has 292 valence electrons. The molecule has 2 unspecified atom stereocenters. The maximum atomic E-state index is 17.9. The van der Waals surface area contributed by atoms with Gasteiger partial charge in [-0.3, -0.25) is 14.5 Å². The fourth-order valence-corrected chi connectivity index (χ4v) is 11.0. The Morgan fingerprint density at radius 1 is 0.982 bits per heavy atom. The van der Waals surface area contributed by atoms with Gasteiger partial charge in [-0.15, -0.1) is 6.42 Å². The Balaban J connectivity index is 1.15. The number of piperazine rings is 1. The predicted molar refractivity (Wildman–Crippen MR) is 209 cm³/mol. The zero-order valence-corrected chi connectivity index (χ0v) is 31.8. The average Bonchev–Trinajstić information content (AvgIpc) is 3.92. The molecule has 13 heteroatoms. The highest BCUT2D eigenvalue weighted by molar-refractivity contribution is 6.18. The molecule has 0 amide bonds. The van der Waals surface area contributed by atoms with E-state index in [0.29, 0.717) is 52.6 Å². The standard InChI is InChI=1S/C43H46F3N7O3/c1-4-31-34(45)13-6-24-16-29(54)17-32(35(24)31)36-38(46)40-37(33-22-50(2)49-39(33)36)41(48-42(47-40)56-23-43-14-5-15-52(43)19-25(44)18-43)53-27-7-8-28(53)21-51(20-27)26-9-11-30(55-3)12-10-26/h1,6,13,16-17,22,25-28,30,54H,5,7-12,14-15,18-21,23H2,2-3H3/t25-,26?,27?,28?,30?,43+/m1/s1. The number of aromatic hydroxyl groups is 1. The third-order valence-corrected chi connectivity index (χ3v) is 13.6. The van der Waals surface area contributed by atoms with Crippen LogP contribution in [0.3, 0.4) is 0 Å². The molecule has 5 aliphatic rings. The van der Waals surface area contributed by atoms with Crippen molar-refractivity contribution in [2.45, 2.75) is 93.7 Å². The number of hydrogen-bond acceptors (Lipinski definition) is 9. The number of phenolic OH excluding ortho intramolecular Hbond substituents is 1. The summed E-state index contributed by atoms with van der Waals surface area (Å²) < 4.78 is 61.7. The Labute approximate surface area is 323 Å². The zero-order chi connectivity index (χ0) is 38.5. The van der Waals surface area contributed by atoms with Gasteiger partial charge in [0.2, 0.25) is 0 Å². The van der Waals surface area contributed by atoms with Crippen molar-refractivity contribution in [2.24, 2.45) is 7.05 Å². The lowest BCUT2D eigenvalue weighted by molar-refractivity contribution is 0.0329. The van der Waals surface area contributed by atoms with Gasteiger partial charge in [-0.05, 0) is 87.1 Å². The summed E-state index contributed by atoms with van der Waals surface area (Å²) in [5, 5.41) is 17.6. The second kappa shape index (κ2) is 13.5. The molecule has 4 atom stereocenters. The summed E-state index contributed by atoms with van der Waals surface area (Å²) in [7, 11) is 3.57. The minimum absolute atomic E-state index is 0.0277. The van der Waals surface area contributed by atoms with E-state index in [2.05, 4.69) is 20.6 Å². The summed E-state index contributed by atoms with van der Waals surface area (Å²) >= 11 is 0. The van der Waals surface area contributed by atoms with E-state index in [4.69, 9.17) is 31.0 Å². The first kappa shape index (κ1) is 35.8. The van der Waals surface area contributed by atoms with Gasteiger partial charge >= 0.3 is 6.01 Å². The van der Waals surface area contributed by atoms with Gasteiger partial charge in [0.05, 0.1) is 22.6 Å². The lowest BCUT2D eigenvalue weighted by atomic mass is 9.90. The molecule has 5 aromatic rings. The van der Waals surface area contributed by atoms with E-state index in [0.717, 1.165) is 71.0 Å². The van der Waals surface area contributed by atoms with E-state index in [1.807, 2.05) is 6.20 Å². The summed E-state index contributed by atoms with van der Waals surface area (Å²) in [4.78, 5) is 17.1. The molecule has 4 saturated heterocycles. The van der Waals surface area contributed by atoms with Crippen LogP contribution in [0.2, 0.25) is 0 Å². The smallest absolute Gasteiger partial charge is 0.319 e. The lowest BCUT2D eigenvalue weighted by Gasteiger charge is -2.46. The minimum Gasteiger partial charge on any atom is -0.508 e. The molecule has 2 bridgehead atoms. The van der Waals surface area contributed by atoms with Crippen molar-refractivity contribution in [1.29, 1.82) is 0 Å². The molecule has 3 aromatic carbocycles.